The molecule has 15 heavy (non-hydrogen) atoms. The van der Waals surface area contributed by atoms with Crippen molar-refractivity contribution in [2.24, 2.45) is 5.73 Å². The number of rotatable bonds is 5. The number of carbonyl (C=O) groups is 1. The third-order valence-corrected chi connectivity index (χ3v) is 2.68. The number of piperidine rings is 1. The van der Waals surface area contributed by atoms with Gasteiger partial charge in [-0.25, -0.2) is 0 Å². The largest absolute Gasteiger partial charge is 0.369 e. The average molecular weight is 232 g/mol. The molecule has 0 atom stereocenters. The Morgan fingerprint density at radius 3 is 2.53 bits per heavy atom. The van der Waals surface area contributed by atoms with Crippen LogP contribution in [0.2, 0.25) is 0 Å². The van der Waals surface area contributed by atoms with Gasteiger partial charge in [0.25, 0.3) is 0 Å². The van der Waals surface area contributed by atoms with E-state index in [-0.39, 0.29) is 12.5 Å². The number of nitrogens with two attached hydrogens (primary N) is 1. The Labute approximate surface area is 95.4 Å². The monoisotopic (exact) mass is 231 g/mol. The minimum absolute atomic E-state index is 0.260. The van der Waals surface area contributed by atoms with E-state index in [9.17, 15) is 4.79 Å². The minimum Gasteiger partial charge on any atom is -0.369 e. The summed E-state index contributed by atoms with van der Waals surface area (Å²) in [5, 5.41) is 3.83. The highest BCUT2D eigenvalue weighted by Crippen LogP contribution is 2.14. The molecule has 0 aliphatic carbocycles. The van der Waals surface area contributed by atoms with Crippen LogP contribution in [0.25, 0.3) is 0 Å². The van der Waals surface area contributed by atoms with Gasteiger partial charge in [0, 0.05) is 17.6 Å². The molecule has 0 spiro atoms. The highest BCUT2D eigenvalue weighted by Gasteiger charge is 2.22. The summed E-state index contributed by atoms with van der Waals surface area (Å²) in [5.74, 6) is -0.313. The molecular weight excluding hydrogens is 214 g/mol. The van der Waals surface area contributed by atoms with Gasteiger partial charge in [-0.15, -0.1) is 0 Å². The standard InChI is InChI=1S/C10H18ClN3O/c1-8(11)6-14(7-10(12)15)9-2-4-13-5-3-9/h9,13H,1-7H2,(H2,12,15). The van der Waals surface area contributed by atoms with Crippen LogP contribution < -0.4 is 11.1 Å². The molecule has 1 aliphatic rings. The van der Waals surface area contributed by atoms with Crippen LogP contribution >= 0.6 is 11.6 Å². The third-order valence-electron chi connectivity index (χ3n) is 2.56. The van der Waals surface area contributed by atoms with Crippen LogP contribution in [0.15, 0.2) is 11.6 Å². The fourth-order valence-corrected chi connectivity index (χ4v) is 2.06. The van der Waals surface area contributed by atoms with Crippen molar-refractivity contribution in [3.05, 3.63) is 11.6 Å². The molecule has 1 amide bonds. The molecule has 0 aromatic heterocycles. The van der Waals surface area contributed by atoms with Gasteiger partial charge in [-0.2, -0.15) is 0 Å². The molecule has 0 aromatic carbocycles. The van der Waals surface area contributed by atoms with Gasteiger partial charge in [-0.05, 0) is 25.9 Å². The lowest BCUT2D eigenvalue weighted by atomic mass is 10.0. The van der Waals surface area contributed by atoms with Crippen molar-refractivity contribution in [2.45, 2.75) is 18.9 Å². The maximum atomic E-state index is 10.9. The van der Waals surface area contributed by atoms with Gasteiger partial charge in [0.1, 0.15) is 0 Å². The molecule has 0 bridgehead atoms. The SMILES string of the molecule is C=C(Cl)CN(CC(N)=O)C1CCNCC1. The molecular formula is C10H18ClN3O. The van der Waals surface area contributed by atoms with Crippen molar-refractivity contribution in [2.75, 3.05) is 26.2 Å². The summed E-state index contributed by atoms with van der Waals surface area (Å²) in [6.07, 6.45) is 2.05. The molecule has 1 aliphatic heterocycles. The molecule has 0 radical (unpaired) electrons. The Hall–Kier alpha value is -0.580. The van der Waals surface area contributed by atoms with E-state index in [0.717, 1.165) is 25.9 Å². The second-order valence-electron chi connectivity index (χ2n) is 3.87. The Morgan fingerprint density at radius 2 is 2.07 bits per heavy atom. The normalized spacial score (nSPS) is 18.0. The topological polar surface area (TPSA) is 58.4 Å². The number of hydrogen-bond acceptors (Lipinski definition) is 3. The van der Waals surface area contributed by atoms with Crippen LogP contribution in [0.4, 0.5) is 0 Å². The van der Waals surface area contributed by atoms with Crippen LogP contribution in [0.3, 0.4) is 0 Å². The lowest BCUT2D eigenvalue weighted by Crippen LogP contribution is -2.46. The summed E-state index contributed by atoms with van der Waals surface area (Å²) < 4.78 is 0. The Kier molecular flexibility index (Phi) is 5.08. The van der Waals surface area contributed by atoms with Gasteiger partial charge < -0.3 is 11.1 Å². The molecule has 1 saturated heterocycles. The number of carbonyl (C=O) groups excluding carboxylic acids is 1. The summed E-state index contributed by atoms with van der Waals surface area (Å²) >= 11 is 5.77. The molecule has 1 fully saturated rings. The van der Waals surface area contributed by atoms with Crippen molar-refractivity contribution in [1.82, 2.24) is 10.2 Å². The first kappa shape index (κ1) is 12.5. The van der Waals surface area contributed by atoms with E-state index in [1.165, 1.54) is 0 Å². The van der Waals surface area contributed by atoms with Crippen molar-refractivity contribution < 1.29 is 4.79 Å². The van der Waals surface area contributed by atoms with Gasteiger partial charge in [0.2, 0.25) is 5.91 Å². The summed E-state index contributed by atoms with van der Waals surface area (Å²) in [4.78, 5) is 12.9. The number of nitrogens with one attached hydrogen (secondary N) is 1. The van der Waals surface area contributed by atoms with E-state index in [2.05, 4.69) is 11.9 Å². The molecule has 1 rings (SSSR count). The summed E-state index contributed by atoms with van der Waals surface area (Å²) in [6.45, 7) is 6.41. The molecule has 0 unspecified atom stereocenters. The zero-order valence-corrected chi connectivity index (χ0v) is 9.59. The minimum atomic E-state index is -0.313. The average Bonchev–Trinajstić information content (AvgIpc) is 2.17. The summed E-state index contributed by atoms with van der Waals surface area (Å²) in [6, 6.07) is 0.384. The smallest absolute Gasteiger partial charge is 0.231 e. The van der Waals surface area contributed by atoms with Gasteiger partial charge in [-0.1, -0.05) is 18.2 Å². The Bertz CT molecular complexity index is 223. The maximum Gasteiger partial charge on any atom is 0.231 e. The molecule has 3 N–H and O–H groups in total. The quantitative estimate of drug-likeness (QED) is 0.715. The first-order valence-corrected chi connectivity index (χ1v) is 5.53. The predicted octanol–water partition coefficient (Wildman–Crippen LogP) is 0.278. The van der Waals surface area contributed by atoms with E-state index in [0.29, 0.717) is 17.6 Å². The first-order chi connectivity index (χ1) is 7.09. The molecule has 4 nitrogen and oxygen atoms in total. The van der Waals surface area contributed by atoms with Crippen LogP contribution in [-0.2, 0) is 4.79 Å². The Morgan fingerprint density at radius 1 is 1.47 bits per heavy atom. The molecule has 0 aromatic rings. The second kappa shape index (κ2) is 6.10. The third kappa shape index (κ3) is 4.64. The van der Waals surface area contributed by atoms with Crippen LogP contribution in [0, 0.1) is 0 Å². The number of nitrogens with zero attached hydrogens (tertiary/aromatic N) is 1. The fourth-order valence-electron chi connectivity index (χ4n) is 1.91. The summed E-state index contributed by atoms with van der Waals surface area (Å²) in [5.41, 5.74) is 5.21. The lowest BCUT2D eigenvalue weighted by molar-refractivity contribution is -0.119. The van der Waals surface area contributed by atoms with Crippen molar-refractivity contribution in [3.8, 4) is 0 Å². The first-order valence-electron chi connectivity index (χ1n) is 5.16. The molecule has 1 heterocycles. The predicted molar refractivity (Wildman–Crippen MR) is 61.7 cm³/mol. The molecule has 0 saturated carbocycles. The van der Waals surface area contributed by atoms with Gasteiger partial charge in [0.05, 0.1) is 6.54 Å². The van der Waals surface area contributed by atoms with Crippen molar-refractivity contribution in [1.29, 1.82) is 0 Å². The van der Waals surface area contributed by atoms with Gasteiger partial charge in [-0.3, -0.25) is 9.69 Å². The van der Waals surface area contributed by atoms with Gasteiger partial charge >= 0.3 is 0 Å². The van der Waals surface area contributed by atoms with E-state index in [4.69, 9.17) is 17.3 Å². The Balaban J connectivity index is 2.52. The zero-order chi connectivity index (χ0) is 11.3. The second-order valence-corrected chi connectivity index (χ2v) is 4.40. The van der Waals surface area contributed by atoms with E-state index in [1.54, 1.807) is 0 Å². The van der Waals surface area contributed by atoms with E-state index in [1.807, 2.05) is 4.90 Å². The molecule has 86 valence electrons. The van der Waals surface area contributed by atoms with Gasteiger partial charge in [0.15, 0.2) is 0 Å². The maximum absolute atomic E-state index is 10.9. The highest BCUT2D eigenvalue weighted by molar-refractivity contribution is 6.29. The number of primary amides is 1. The number of amides is 1. The van der Waals surface area contributed by atoms with E-state index < -0.39 is 0 Å². The highest BCUT2D eigenvalue weighted by atomic mass is 35.5. The van der Waals surface area contributed by atoms with Crippen molar-refractivity contribution >= 4 is 17.5 Å². The van der Waals surface area contributed by atoms with Crippen LogP contribution in [0.1, 0.15) is 12.8 Å². The van der Waals surface area contributed by atoms with E-state index >= 15 is 0 Å². The van der Waals surface area contributed by atoms with Crippen LogP contribution in [0.5, 0.6) is 0 Å². The van der Waals surface area contributed by atoms with Crippen LogP contribution in [-0.4, -0.2) is 43.0 Å². The molecule has 5 heteroatoms. The number of halogens is 1. The fraction of sp³-hybridized carbons (Fsp3) is 0.700. The van der Waals surface area contributed by atoms with Crippen molar-refractivity contribution in [3.63, 3.8) is 0 Å². The summed E-state index contributed by atoms with van der Waals surface area (Å²) in [7, 11) is 0. The zero-order valence-electron chi connectivity index (χ0n) is 8.84. The lowest BCUT2D eigenvalue weighted by Gasteiger charge is -2.33. The number of hydrogen-bond donors (Lipinski definition) is 2.